The summed E-state index contributed by atoms with van der Waals surface area (Å²) in [5.41, 5.74) is 0.375. The third-order valence-electron chi connectivity index (χ3n) is 2.25. The summed E-state index contributed by atoms with van der Waals surface area (Å²) in [5, 5.41) is 1.77. The molecular weight excluding hydrogens is 331 g/mol. The van der Waals surface area contributed by atoms with Crippen molar-refractivity contribution in [3.05, 3.63) is 22.2 Å². The molecule has 1 amide bonds. The van der Waals surface area contributed by atoms with Gasteiger partial charge in [-0.15, -0.1) is 0 Å². The van der Waals surface area contributed by atoms with E-state index in [0.29, 0.717) is 21.5 Å². The third-order valence-corrected chi connectivity index (χ3v) is 2.87. The van der Waals surface area contributed by atoms with Gasteiger partial charge in [-0.05, 0) is 28.1 Å². The Morgan fingerprint density at radius 2 is 1.84 bits per heavy atom. The summed E-state index contributed by atoms with van der Waals surface area (Å²) in [5.74, 6) is -1.23. The van der Waals surface area contributed by atoms with Gasteiger partial charge in [-0.1, -0.05) is 0 Å². The van der Waals surface area contributed by atoms with E-state index in [1.165, 1.54) is 20.3 Å². The minimum absolute atomic E-state index is 0.314. The van der Waals surface area contributed by atoms with Crippen LogP contribution in [0.15, 0.2) is 16.6 Å². The van der Waals surface area contributed by atoms with Crippen molar-refractivity contribution in [3.63, 3.8) is 0 Å². The van der Waals surface area contributed by atoms with Crippen LogP contribution >= 0.6 is 15.9 Å². The van der Waals surface area contributed by atoms with Crippen LogP contribution in [0, 0.1) is 0 Å². The lowest BCUT2D eigenvalue weighted by molar-refractivity contribution is -0.173. The standard InChI is InChI=1S/C11H11BrF3NO3/c1-18-8-4-7(12)9(19-2)3-6(8)5-16-10(17)11(13,14)15/h3-4H,5H2,1-2H3,(H,16,17). The van der Waals surface area contributed by atoms with Crippen molar-refractivity contribution in [1.29, 1.82) is 0 Å². The Morgan fingerprint density at radius 3 is 2.32 bits per heavy atom. The summed E-state index contributed by atoms with van der Waals surface area (Å²) in [6, 6.07) is 3.04. The molecule has 106 valence electrons. The molecule has 0 aliphatic heterocycles. The van der Waals surface area contributed by atoms with Gasteiger partial charge in [-0.2, -0.15) is 13.2 Å². The highest BCUT2D eigenvalue weighted by molar-refractivity contribution is 9.10. The second kappa shape index (κ2) is 6.14. The van der Waals surface area contributed by atoms with E-state index >= 15 is 0 Å². The van der Waals surface area contributed by atoms with Gasteiger partial charge in [0.1, 0.15) is 11.5 Å². The van der Waals surface area contributed by atoms with Gasteiger partial charge in [0.05, 0.1) is 18.7 Å². The molecule has 0 aromatic heterocycles. The Kier molecular flexibility index (Phi) is 5.04. The number of rotatable bonds is 4. The molecule has 0 aliphatic rings. The summed E-state index contributed by atoms with van der Waals surface area (Å²) in [4.78, 5) is 10.7. The number of carbonyl (C=O) groups is 1. The number of nitrogens with one attached hydrogen (secondary N) is 1. The predicted octanol–water partition coefficient (Wildman–Crippen LogP) is 2.64. The fourth-order valence-electron chi connectivity index (χ4n) is 1.34. The quantitative estimate of drug-likeness (QED) is 0.915. The van der Waals surface area contributed by atoms with Crippen LogP contribution in [0.5, 0.6) is 11.5 Å². The van der Waals surface area contributed by atoms with Crippen LogP contribution in [0.25, 0.3) is 0 Å². The molecule has 0 saturated carbocycles. The van der Waals surface area contributed by atoms with Gasteiger partial charge in [0.2, 0.25) is 0 Å². The van der Waals surface area contributed by atoms with Crippen molar-refractivity contribution in [2.45, 2.75) is 12.7 Å². The number of amides is 1. The molecule has 0 heterocycles. The highest BCUT2D eigenvalue weighted by Crippen LogP contribution is 2.32. The first-order valence-electron chi connectivity index (χ1n) is 5.05. The molecule has 1 N–H and O–H groups in total. The average Bonchev–Trinajstić information content (AvgIpc) is 2.35. The Morgan fingerprint density at radius 1 is 1.26 bits per heavy atom. The van der Waals surface area contributed by atoms with Crippen LogP contribution in [0.3, 0.4) is 0 Å². The van der Waals surface area contributed by atoms with Gasteiger partial charge in [0, 0.05) is 12.1 Å². The van der Waals surface area contributed by atoms with Crippen LogP contribution in [0.2, 0.25) is 0 Å². The van der Waals surface area contributed by atoms with E-state index in [-0.39, 0.29) is 6.54 Å². The maximum absolute atomic E-state index is 12.1. The second-order valence-electron chi connectivity index (χ2n) is 3.48. The van der Waals surface area contributed by atoms with Gasteiger partial charge in [0.25, 0.3) is 0 Å². The zero-order valence-electron chi connectivity index (χ0n) is 10.1. The molecule has 0 fully saturated rings. The monoisotopic (exact) mass is 341 g/mol. The highest BCUT2D eigenvalue weighted by atomic mass is 79.9. The van der Waals surface area contributed by atoms with E-state index in [1.807, 2.05) is 0 Å². The number of hydrogen-bond donors (Lipinski definition) is 1. The lowest BCUT2D eigenvalue weighted by Gasteiger charge is -2.13. The van der Waals surface area contributed by atoms with E-state index in [1.54, 1.807) is 11.4 Å². The number of methoxy groups -OCH3 is 2. The van der Waals surface area contributed by atoms with Crippen LogP contribution in [0.1, 0.15) is 5.56 Å². The highest BCUT2D eigenvalue weighted by Gasteiger charge is 2.38. The third kappa shape index (κ3) is 4.02. The summed E-state index contributed by atoms with van der Waals surface area (Å²) >= 11 is 3.22. The molecular formula is C11H11BrF3NO3. The lowest BCUT2D eigenvalue weighted by Crippen LogP contribution is -2.36. The first-order valence-corrected chi connectivity index (χ1v) is 5.84. The van der Waals surface area contributed by atoms with Gasteiger partial charge < -0.3 is 14.8 Å². The number of ether oxygens (including phenoxy) is 2. The molecule has 8 heteroatoms. The largest absolute Gasteiger partial charge is 0.496 e. The Hall–Kier alpha value is -1.44. The molecule has 1 rings (SSSR count). The molecule has 0 spiro atoms. The number of halogens is 4. The zero-order chi connectivity index (χ0) is 14.6. The normalized spacial score (nSPS) is 11.1. The SMILES string of the molecule is COc1cc(CNC(=O)C(F)(F)F)c(OC)cc1Br. The number of hydrogen-bond acceptors (Lipinski definition) is 3. The summed E-state index contributed by atoms with van der Waals surface area (Å²) in [7, 11) is 2.80. The zero-order valence-corrected chi connectivity index (χ0v) is 11.7. The van der Waals surface area contributed by atoms with E-state index in [0.717, 1.165) is 0 Å². The van der Waals surface area contributed by atoms with Gasteiger partial charge in [-0.3, -0.25) is 4.79 Å². The topological polar surface area (TPSA) is 47.6 Å². The number of benzene rings is 1. The van der Waals surface area contributed by atoms with Gasteiger partial charge in [-0.25, -0.2) is 0 Å². The molecule has 19 heavy (non-hydrogen) atoms. The van der Waals surface area contributed by atoms with Crippen LogP contribution in [0.4, 0.5) is 13.2 Å². The number of alkyl halides is 3. The van der Waals surface area contributed by atoms with E-state index in [2.05, 4.69) is 15.9 Å². The molecule has 0 bridgehead atoms. The maximum atomic E-state index is 12.1. The molecule has 0 atom stereocenters. The molecule has 0 saturated heterocycles. The van der Waals surface area contributed by atoms with Crippen molar-refractivity contribution in [3.8, 4) is 11.5 Å². The fourth-order valence-corrected chi connectivity index (χ4v) is 1.82. The lowest BCUT2D eigenvalue weighted by atomic mass is 10.2. The van der Waals surface area contributed by atoms with Crippen molar-refractivity contribution in [2.75, 3.05) is 14.2 Å². The van der Waals surface area contributed by atoms with Crippen LogP contribution in [-0.4, -0.2) is 26.3 Å². The molecule has 4 nitrogen and oxygen atoms in total. The van der Waals surface area contributed by atoms with Crippen LogP contribution < -0.4 is 14.8 Å². The van der Waals surface area contributed by atoms with E-state index < -0.39 is 12.1 Å². The Balaban J connectivity index is 2.91. The van der Waals surface area contributed by atoms with Crippen molar-refractivity contribution in [1.82, 2.24) is 5.32 Å². The van der Waals surface area contributed by atoms with E-state index in [4.69, 9.17) is 9.47 Å². The molecule has 0 aliphatic carbocycles. The van der Waals surface area contributed by atoms with Crippen LogP contribution in [-0.2, 0) is 11.3 Å². The molecule has 0 unspecified atom stereocenters. The maximum Gasteiger partial charge on any atom is 0.471 e. The summed E-state index contributed by atoms with van der Waals surface area (Å²) in [6.07, 6.45) is -4.91. The summed E-state index contributed by atoms with van der Waals surface area (Å²) < 4.78 is 46.8. The fraction of sp³-hybridized carbons (Fsp3) is 0.364. The molecule has 1 aromatic carbocycles. The smallest absolute Gasteiger partial charge is 0.471 e. The molecule has 1 aromatic rings. The number of carbonyl (C=O) groups excluding carboxylic acids is 1. The Labute approximate surface area is 116 Å². The predicted molar refractivity (Wildman–Crippen MR) is 65.1 cm³/mol. The van der Waals surface area contributed by atoms with Crippen molar-refractivity contribution < 1.29 is 27.4 Å². The van der Waals surface area contributed by atoms with E-state index in [9.17, 15) is 18.0 Å². The van der Waals surface area contributed by atoms with Crippen molar-refractivity contribution in [2.24, 2.45) is 0 Å². The molecule has 0 radical (unpaired) electrons. The second-order valence-corrected chi connectivity index (χ2v) is 4.33. The van der Waals surface area contributed by atoms with Crippen molar-refractivity contribution >= 4 is 21.8 Å². The first kappa shape index (κ1) is 15.6. The Bertz CT molecular complexity index is 477. The first-order chi connectivity index (χ1) is 8.79. The van der Waals surface area contributed by atoms with Gasteiger partial charge >= 0.3 is 12.1 Å². The minimum atomic E-state index is -4.91. The minimum Gasteiger partial charge on any atom is -0.496 e. The average molecular weight is 342 g/mol. The van der Waals surface area contributed by atoms with Gasteiger partial charge in [0.15, 0.2) is 0 Å². The summed E-state index contributed by atoms with van der Waals surface area (Å²) in [6.45, 7) is -0.314.